The number of aromatic nitrogens is 1. The van der Waals surface area contributed by atoms with E-state index >= 15 is 0 Å². The molecule has 18 heavy (non-hydrogen) atoms. The molecule has 1 fully saturated rings. The average molecular weight is 268 g/mol. The molecule has 1 aliphatic heterocycles. The topological polar surface area (TPSA) is 53.4 Å². The first kappa shape index (κ1) is 13.5. The summed E-state index contributed by atoms with van der Waals surface area (Å²) in [5.74, 6) is 0.141. The van der Waals surface area contributed by atoms with E-state index in [4.69, 9.17) is 10.1 Å². The first-order valence-corrected chi connectivity index (χ1v) is 7.33. The lowest BCUT2D eigenvalue weighted by Crippen LogP contribution is -2.37. The molecular formula is C13H20N2O2S. The molecule has 2 heterocycles. The van der Waals surface area contributed by atoms with E-state index in [9.17, 15) is 4.79 Å². The summed E-state index contributed by atoms with van der Waals surface area (Å²) in [6.45, 7) is 6.17. The minimum Gasteiger partial charge on any atom is -0.480 e. The number of hydrogen-bond acceptors (Lipinski definition) is 4. The fraction of sp³-hybridized carbons (Fsp3) is 0.692. The van der Waals surface area contributed by atoms with Crippen LogP contribution in [0.5, 0.6) is 0 Å². The van der Waals surface area contributed by atoms with Crippen molar-refractivity contribution in [2.45, 2.75) is 38.5 Å². The van der Waals surface area contributed by atoms with Crippen molar-refractivity contribution >= 4 is 17.3 Å². The van der Waals surface area contributed by atoms with Gasteiger partial charge in [0.25, 0.3) is 0 Å². The highest BCUT2D eigenvalue weighted by molar-refractivity contribution is 7.09. The van der Waals surface area contributed by atoms with Crippen LogP contribution in [0.2, 0.25) is 0 Å². The third-order valence-electron chi connectivity index (χ3n) is 3.34. The fourth-order valence-electron chi connectivity index (χ4n) is 2.35. The van der Waals surface area contributed by atoms with Crippen molar-refractivity contribution in [3.63, 3.8) is 0 Å². The van der Waals surface area contributed by atoms with Gasteiger partial charge >= 0.3 is 5.97 Å². The molecule has 0 bridgehead atoms. The van der Waals surface area contributed by atoms with E-state index in [1.165, 1.54) is 5.01 Å². The molecule has 1 aromatic rings. The molecule has 0 aliphatic carbocycles. The molecule has 1 atom stereocenters. The fourth-order valence-corrected chi connectivity index (χ4v) is 3.45. The molecule has 1 aromatic heterocycles. The molecule has 0 aromatic carbocycles. The molecule has 1 aliphatic rings. The van der Waals surface area contributed by atoms with Crippen LogP contribution in [0.15, 0.2) is 5.38 Å². The Balaban J connectivity index is 2.01. The summed E-state index contributed by atoms with van der Waals surface area (Å²) in [5, 5.41) is 12.2. The predicted molar refractivity (Wildman–Crippen MR) is 72.3 cm³/mol. The summed E-state index contributed by atoms with van der Waals surface area (Å²) in [6, 6.07) is 0. The molecule has 4 nitrogen and oxygen atoms in total. The van der Waals surface area contributed by atoms with Gasteiger partial charge in [-0.1, -0.05) is 13.8 Å². The second-order valence-corrected chi connectivity index (χ2v) is 6.12. The van der Waals surface area contributed by atoms with Crippen LogP contribution in [0, 0.1) is 0 Å². The molecule has 0 spiro atoms. The zero-order valence-corrected chi connectivity index (χ0v) is 11.7. The van der Waals surface area contributed by atoms with Crippen LogP contribution in [0.1, 0.15) is 49.2 Å². The first-order valence-electron chi connectivity index (χ1n) is 6.45. The van der Waals surface area contributed by atoms with Crippen LogP contribution in [0.4, 0.5) is 0 Å². The number of rotatable bonds is 4. The van der Waals surface area contributed by atoms with Crippen LogP contribution < -0.4 is 0 Å². The molecule has 1 saturated heterocycles. The van der Waals surface area contributed by atoms with Gasteiger partial charge in [-0.25, -0.2) is 4.98 Å². The van der Waals surface area contributed by atoms with Gasteiger partial charge < -0.3 is 5.11 Å². The molecule has 100 valence electrons. The maximum atomic E-state index is 10.7. The average Bonchev–Trinajstić information content (AvgIpc) is 2.77. The molecular weight excluding hydrogens is 248 g/mol. The van der Waals surface area contributed by atoms with E-state index in [1.54, 1.807) is 11.3 Å². The Kier molecular flexibility index (Phi) is 4.35. The van der Waals surface area contributed by atoms with Gasteiger partial charge in [0.05, 0.1) is 17.2 Å². The van der Waals surface area contributed by atoms with Crippen molar-refractivity contribution in [3.05, 3.63) is 16.1 Å². The van der Waals surface area contributed by atoms with Gasteiger partial charge in [0, 0.05) is 17.8 Å². The second-order valence-electron chi connectivity index (χ2n) is 5.23. The highest BCUT2D eigenvalue weighted by Gasteiger charge is 2.25. The zero-order valence-electron chi connectivity index (χ0n) is 10.9. The molecule has 1 N–H and O–H groups in total. The first-order chi connectivity index (χ1) is 8.56. The lowest BCUT2D eigenvalue weighted by atomic mass is 9.98. The molecule has 0 saturated carbocycles. The zero-order chi connectivity index (χ0) is 13.1. The lowest BCUT2D eigenvalue weighted by Gasteiger charge is -2.30. The summed E-state index contributed by atoms with van der Waals surface area (Å²) >= 11 is 1.72. The summed E-state index contributed by atoms with van der Waals surface area (Å²) in [5.41, 5.74) is 1.16. The minimum atomic E-state index is -0.738. The number of piperidine rings is 1. The van der Waals surface area contributed by atoms with Gasteiger partial charge in [0.1, 0.15) is 0 Å². The summed E-state index contributed by atoms with van der Waals surface area (Å²) in [4.78, 5) is 17.5. The monoisotopic (exact) mass is 268 g/mol. The Hall–Kier alpha value is -0.940. The number of carbonyl (C=O) groups is 1. The van der Waals surface area contributed by atoms with Crippen molar-refractivity contribution < 1.29 is 9.90 Å². The van der Waals surface area contributed by atoms with Crippen molar-refractivity contribution in [2.24, 2.45) is 0 Å². The van der Waals surface area contributed by atoms with Crippen LogP contribution in [-0.2, 0) is 4.79 Å². The van der Waals surface area contributed by atoms with Crippen molar-refractivity contribution in [2.75, 3.05) is 19.6 Å². The maximum Gasteiger partial charge on any atom is 0.317 e. The Morgan fingerprint density at radius 1 is 1.67 bits per heavy atom. The predicted octanol–water partition coefficient (Wildman–Crippen LogP) is 2.53. The maximum absolute atomic E-state index is 10.7. The van der Waals surface area contributed by atoms with Crippen LogP contribution in [-0.4, -0.2) is 40.6 Å². The Labute approximate surface area is 112 Å². The quantitative estimate of drug-likeness (QED) is 0.911. The molecule has 5 heteroatoms. The summed E-state index contributed by atoms with van der Waals surface area (Å²) in [7, 11) is 0. The van der Waals surface area contributed by atoms with E-state index in [0.29, 0.717) is 11.8 Å². The number of carboxylic acids is 1. The van der Waals surface area contributed by atoms with E-state index in [2.05, 4.69) is 19.2 Å². The van der Waals surface area contributed by atoms with Gasteiger partial charge in [-0.3, -0.25) is 9.69 Å². The lowest BCUT2D eigenvalue weighted by molar-refractivity contribution is -0.138. The standard InChI is InChI=1S/C13H20N2O2S/c1-9(2)11-8-18-13(14-11)10-4-3-5-15(6-10)7-12(16)17/h8-10H,3-7H2,1-2H3,(H,16,17)/t10-/m1/s1. The Morgan fingerprint density at radius 3 is 3.06 bits per heavy atom. The Morgan fingerprint density at radius 2 is 2.44 bits per heavy atom. The Bertz CT molecular complexity index is 417. The van der Waals surface area contributed by atoms with Crippen molar-refractivity contribution in [1.29, 1.82) is 0 Å². The highest BCUT2D eigenvalue weighted by atomic mass is 32.1. The molecule has 2 rings (SSSR count). The third kappa shape index (κ3) is 3.29. The van der Waals surface area contributed by atoms with Gasteiger partial charge in [-0.15, -0.1) is 11.3 Å². The largest absolute Gasteiger partial charge is 0.480 e. The number of carboxylic acid groups (broad SMARTS) is 1. The van der Waals surface area contributed by atoms with Gasteiger partial charge in [-0.2, -0.15) is 0 Å². The minimum absolute atomic E-state index is 0.152. The van der Waals surface area contributed by atoms with Gasteiger partial charge in [0.2, 0.25) is 0 Å². The summed E-state index contributed by atoms with van der Waals surface area (Å²) in [6.07, 6.45) is 2.19. The van der Waals surface area contributed by atoms with E-state index < -0.39 is 5.97 Å². The van der Waals surface area contributed by atoms with Crippen molar-refractivity contribution in [1.82, 2.24) is 9.88 Å². The third-order valence-corrected chi connectivity index (χ3v) is 4.37. The number of aliphatic carboxylic acids is 1. The van der Waals surface area contributed by atoms with Crippen LogP contribution in [0.3, 0.4) is 0 Å². The van der Waals surface area contributed by atoms with E-state index in [0.717, 1.165) is 31.6 Å². The second kappa shape index (κ2) is 5.80. The highest BCUT2D eigenvalue weighted by Crippen LogP contribution is 2.30. The normalized spacial score (nSPS) is 21.4. The number of nitrogens with zero attached hydrogens (tertiary/aromatic N) is 2. The van der Waals surface area contributed by atoms with Crippen molar-refractivity contribution in [3.8, 4) is 0 Å². The van der Waals surface area contributed by atoms with Gasteiger partial charge in [0.15, 0.2) is 0 Å². The summed E-state index contributed by atoms with van der Waals surface area (Å²) < 4.78 is 0. The van der Waals surface area contributed by atoms with Gasteiger partial charge in [-0.05, 0) is 25.3 Å². The number of likely N-dealkylation sites (tertiary alicyclic amines) is 1. The molecule has 0 radical (unpaired) electrons. The van der Waals surface area contributed by atoms with Crippen LogP contribution >= 0.6 is 11.3 Å². The van der Waals surface area contributed by atoms with Crippen LogP contribution in [0.25, 0.3) is 0 Å². The number of hydrogen-bond donors (Lipinski definition) is 1. The number of thiazole rings is 1. The SMILES string of the molecule is CC(C)c1csc([C@@H]2CCCN(CC(=O)O)C2)n1. The molecule has 0 amide bonds. The van der Waals surface area contributed by atoms with E-state index in [-0.39, 0.29) is 6.54 Å². The smallest absolute Gasteiger partial charge is 0.317 e. The molecule has 0 unspecified atom stereocenters. The van der Waals surface area contributed by atoms with E-state index in [1.807, 2.05) is 4.90 Å².